The predicted octanol–water partition coefficient (Wildman–Crippen LogP) is 2.66. The van der Waals surface area contributed by atoms with Crippen molar-refractivity contribution in [1.29, 1.82) is 0 Å². The number of fused-ring (bicyclic) bond motifs is 1. The summed E-state index contributed by atoms with van der Waals surface area (Å²) in [7, 11) is 0. The van der Waals surface area contributed by atoms with Crippen molar-refractivity contribution in [2.75, 3.05) is 18.4 Å². The van der Waals surface area contributed by atoms with E-state index in [0.29, 0.717) is 5.92 Å². The molecule has 15 heavy (non-hydrogen) atoms. The SMILES string of the molecule is NCCC1CCNc2c(Cl)cccc2C1. The molecule has 1 aliphatic heterocycles. The van der Waals surface area contributed by atoms with Gasteiger partial charge >= 0.3 is 0 Å². The van der Waals surface area contributed by atoms with E-state index in [-0.39, 0.29) is 0 Å². The number of nitrogens with two attached hydrogens (primary N) is 1. The second-order valence-electron chi connectivity index (χ2n) is 4.14. The molecule has 1 heterocycles. The lowest BCUT2D eigenvalue weighted by atomic mass is 9.94. The van der Waals surface area contributed by atoms with E-state index >= 15 is 0 Å². The standard InChI is InChI=1S/C12H17ClN2/c13-11-3-1-2-10-8-9(4-6-14)5-7-15-12(10)11/h1-3,9,15H,4-8,14H2. The van der Waals surface area contributed by atoms with Gasteiger partial charge in [-0.05, 0) is 43.4 Å². The summed E-state index contributed by atoms with van der Waals surface area (Å²) in [6.07, 6.45) is 3.38. The summed E-state index contributed by atoms with van der Waals surface area (Å²) in [5.41, 5.74) is 8.07. The fourth-order valence-corrected chi connectivity index (χ4v) is 2.49. The molecule has 0 radical (unpaired) electrons. The lowest BCUT2D eigenvalue weighted by molar-refractivity contribution is 0.473. The van der Waals surface area contributed by atoms with Crippen LogP contribution in [0.2, 0.25) is 5.02 Å². The summed E-state index contributed by atoms with van der Waals surface area (Å²) in [5, 5.41) is 4.24. The third-order valence-corrected chi connectivity index (χ3v) is 3.35. The van der Waals surface area contributed by atoms with Crippen LogP contribution >= 0.6 is 11.6 Å². The lowest BCUT2D eigenvalue weighted by Crippen LogP contribution is -2.12. The minimum atomic E-state index is 0.696. The van der Waals surface area contributed by atoms with Crippen molar-refractivity contribution >= 4 is 17.3 Å². The molecule has 2 rings (SSSR count). The Kier molecular flexibility index (Phi) is 3.49. The predicted molar refractivity (Wildman–Crippen MR) is 65.4 cm³/mol. The second-order valence-corrected chi connectivity index (χ2v) is 4.54. The Labute approximate surface area is 95.8 Å². The zero-order chi connectivity index (χ0) is 10.7. The highest BCUT2D eigenvalue weighted by Gasteiger charge is 2.17. The molecule has 2 nitrogen and oxygen atoms in total. The van der Waals surface area contributed by atoms with Crippen LogP contribution in [0.25, 0.3) is 0 Å². The van der Waals surface area contributed by atoms with E-state index in [1.165, 1.54) is 12.0 Å². The first-order chi connectivity index (χ1) is 7.31. The van der Waals surface area contributed by atoms with Crippen LogP contribution in [0.15, 0.2) is 18.2 Å². The van der Waals surface area contributed by atoms with E-state index in [1.807, 2.05) is 12.1 Å². The minimum Gasteiger partial charge on any atom is -0.384 e. The average Bonchev–Trinajstić information content (AvgIpc) is 2.41. The summed E-state index contributed by atoms with van der Waals surface area (Å²) in [4.78, 5) is 0. The summed E-state index contributed by atoms with van der Waals surface area (Å²) in [5.74, 6) is 0.696. The Morgan fingerprint density at radius 3 is 3.13 bits per heavy atom. The van der Waals surface area contributed by atoms with Crippen molar-refractivity contribution in [1.82, 2.24) is 0 Å². The van der Waals surface area contributed by atoms with Crippen LogP contribution in [-0.2, 0) is 6.42 Å². The number of halogens is 1. The van der Waals surface area contributed by atoms with Crippen molar-refractivity contribution in [3.8, 4) is 0 Å². The molecule has 0 aliphatic carbocycles. The minimum absolute atomic E-state index is 0.696. The van der Waals surface area contributed by atoms with Gasteiger partial charge in [0.1, 0.15) is 0 Å². The van der Waals surface area contributed by atoms with Crippen LogP contribution in [0.4, 0.5) is 5.69 Å². The smallest absolute Gasteiger partial charge is 0.0640 e. The van der Waals surface area contributed by atoms with E-state index in [0.717, 1.165) is 36.6 Å². The van der Waals surface area contributed by atoms with Crippen molar-refractivity contribution in [2.45, 2.75) is 19.3 Å². The molecule has 1 aromatic carbocycles. The van der Waals surface area contributed by atoms with E-state index in [1.54, 1.807) is 0 Å². The van der Waals surface area contributed by atoms with Crippen LogP contribution in [0.5, 0.6) is 0 Å². The van der Waals surface area contributed by atoms with Gasteiger partial charge in [0.2, 0.25) is 0 Å². The molecule has 0 fully saturated rings. The van der Waals surface area contributed by atoms with Crippen molar-refractivity contribution < 1.29 is 0 Å². The molecule has 1 unspecified atom stereocenters. The molecule has 82 valence electrons. The van der Waals surface area contributed by atoms with Gasteiger partial charge < -0.3 is 11.1 Å². The number of anilines is 1. The topological polar surface area (TPSA) is 38.0 Å². The van der Waals surface area contributed by atoms with Gasteiger partial charge in [0.25, 0.3) is 0 Å². The Hall–Kier alpha value is -0.730. The average molecular weight is 225 g/mol. The number of rotatable bonds is 2. The van der Waals surface area contributed by atoms with Crippen LogP contribution in [0, 0.1) is 5.92 Å². The van der Waals surface area contributed by atoms with E-state index in [9.17, 15) is 0 Å². The molecule has 0 spiro atoms. The van der Waals surface area contributed by atoms with Gasteiger partial charge in [0.15, 0.2) is 0 Å². The summed E-state index contributed by atoms with van der Waals surface area (Å²) in [6, 6.07) is 6.12. The summed E-state index contributed by atoms with van der Waals surface area (Å²) >= 11 is 6.15. The molecular weight excluding hydrogens is 208 g/mol. The van der Waals surface area contributed by atoms with E-state index in [4.69, 9.17) is 17.3 Å². The van der Waals surface area contributed by atoms with Gasteiger partial charge in [-0.1, -0.05) is 23.7 Å². The van der Waals surface area contributed by atoms with Gasteiger partial charge in [0, 0.05) is 6.54 Å². The van der Waals surface area contributed by atoms with Crippen LogP contribution < -0.4 is 11.1 Å². The van der Waals surface area contributed by atoms with Gasteiger partial charge in [-0.25, -0.2) is 0 Å². The monoisotopic (exact) mass is 224 g/mol. The molecular formula is C12H17ClN2. The third kappa shape index (κ3) is 2.44. The van der Waals surface area contributed by atoms with E-state index in [2.05, 4.69) is 11.4 Å². The van der Waals surface area contributed by atoms with Crippen molar-refractivity contribution in [2.24, 2.45) is 11.7 Å². The second kappa shape index (κ2) is 4.86. The number of hydrogen-bond acceptors (Lipinski definition) is 2. The first-order valence-electron chi connectivity index (χ1n) is 5.52. The largest absolute Gasteiger partial charge is 0.384 e. The van der Waals surface area contributed by atoms with Crippen LogP contribution in [-0.4, -0.2) is 13.1 Å². The quantitative estimate of drug-likeness (QED) is 0.811. The van der Waals surface area contributed by atoms with Gasteiger partial charge in [-0.3, -0.25) is 0 Å². The first-order valence-corrected chi connectivity index (χ1v) is 5.90. The molecule has 0 amide bonds. The fraction of sp³-hybridized carbons (Fsp3) is 0.500. The lowest BCUT2D eigenvalue weighted by Gasteiger charge is -2.12. The Morgan fingerprint density at radius 1 is 1.47 bits per heavy atom. The fourth-order valence-electron chi connectivity index (χ4n) is 2.23. The van der Waals surface area contributed by atoms with Gasteiger partial charge in [-0.15, -0.1) is 0 Å². The van der Waals surface area contributed by atoms with E-state index < -0.39 is 0 Å². The number of benzene rings is 1. The maximum atomic E-state index is 6.15. The zero-order valence-corrected chi connectivity index (χ0v) is 9.56. The molecule has 0 saturated carbocycles. The van der Waals surface area contributed by atoms with Gasteiger partial charge in [0.05, 0.1) is 10.7 Å². The van der Waals surface area contributed by atoms with Crippen molar-refractivity contribution in [3.05, 3.63) is 28.8 Å². The Balaban J connectivity index is 2.22. The maximum Gasteiger partial charge on any atom is 0.0640 e. The molecule has 3 N–H and O–H groups in total. The highest BCUT2D eigenvalue weighted by molar-refractivity contribution is 6.33. The maximum absolute atomic E-state index is 6.15. The molecule has 0 saturated heterocycles. The molecule has 3 heteroatoms. The Bertz CT molecular complexity index is 338. The number of nitrogens with one attached hydrogen (secondary N) is 1. The van der Waals surface area contributed by atoms with Crippen molar-refractivity contribution in [3.63, 3.8) is 0 Å². The van der Waals surface area contributed by atoms with Crippen LogP contribution in [0.3, 0.4) is 0 Å². The highest BCUT2D eigenvalue weighted by atomic mass is 35.5. The molecule has 1 aromatic rings. The van der Waals surface area contributed by atoms with Crippen LogP contribution in [0.1, 0.15) is 18.4 Å². The molecule has 0 aromatic heterocycles. The zero-order valence-electron chi connectivity index (χ0n) is 8.80. The number of hydrogen-bond donors (Lipinski definition) is 2. The normalized spacial score (nSPS) is 20.3. The Morgan fingerprint density at radius 2 is 2.33 bits per heavy atom. The highest BCUT2D eigenvalue weighted by Crippen LogP contribution is 2.31. The first kappa shape index (κ1) is 10.8. The number of para-hydroxylation sites is 1. The molecule has 1 aliphatic rings. The molecule has 0 bridgehead atoms. The molecule has 1 atom stereocenters. The third-order valence-electron chi connectivity index (χ3n) is 3.04. The summed E-state index contributed by atoms with van der Waals surface area (Å²) in [6.45, 7) is 1.78. The summed E-state index contributed by atoms with van der Waals surface area (Å²) < 4.78 is 0. The van der Waals surface area contributed by atoms with Gasteiger partial charge in [-0.2, -0.15) is 0 Å².